The number of nitrogens with one attached hydrogen (secondary N) is 2. The molecule has 6 atom stereocenters. The Morgan fingerprint density at radius 1 is 0.321 bits per heavy atom. The maximum absolute atomic E-state index is 13.3. The number of hydrogen-bond acceptors (Lipinski definition) is 15. The van der Waals surface area contributed by atoms with Crippen LogP contribution < -0.4 is 10.6 Å². The molecule has 0 spiro atoms. The van der Waals surface area contributed by atoms with E-state index in [-0.39, 0.29) is 35.8 Å². The lowest BCUT2D eigenvalue weighted by molar-refractivity contribution is -0.150. The molecule has 6 N–H and O–H groups in total. The second-order valence-electron chi connectivity index (χ2n) is 43.4. The van der Waals surface area contributed by atoms with Crippen LogP contribution in [0.2, 0.25) is 0 Å². The summed E-state index contributed by atoms with van der Waals surface area (Å²) in [5.41, 5.74) is 0.517. The molecule has 0 saturated carbocycles. The maximum atomic E-state index is 13.3. The number of unbranched alkanes of at least 4 members (excludes halogenated alkanes) is 53. The number of piperazine rings is 1. The second-order valence-corrected chi connectivity index (χ2v) is 43.4. The molecule has 0 aliphatic carbocycles. The van der Waals surface area contributed by atoms with Crippen molar-refractivity contribution in [3.05, 3.63) is 24.3 Å². The number of carbonyl (C=O) groups is 5. The van der Waals surface area contributed by atoms with Crippen molar-refractivity contribution in [3.8, 4) is 23.7 Å². The molecule has 17 heteroatoms. The quantitative estimate of drug-likeness (QED) is 0.0109. The summed E-state index contributed by atoms with van der Waals surface area (Å²) in [4.78, 5) is 69.7. The van der Waals surface area contributed by atoms with Crippen molar-refractivity contribution in [1.29, 1.82) is 0 Å². The topological polar surface area (TPSA) is 228 Å². The van der Waals surface area contributed by atoms with Crippen molar-refractivity contribution in [1.82, 2.24) is 25.3 Å². The smallest absolute Gasteiger partial charge is 0.306 e. The minimum atomic E-state index is -0.544. The highest BCUT2D eigenvalue weighted by atomic mass is 16.5. The minimum Gasteiger partial charge on any atom is -0.465 e. The molecule has 1 aliphatic heterocycles. The average molecular weight is 1970 g/mol. The molecule has 0 aromatic heterocycles. The highest BCUT2D eigenvalue weighted by Crippen LogP contribution is 2.25. The summed E-state index contributed by atoms with van der Waals surface area (Å²) in [5.74, 6) is 12.0. The van der Waals surface area contributed by atoms with E-state index in [1.807, 2.05) is 14.1 Å². The lowest BCUT2D eigenvalue weighted by Crippen LogP contribution is -2.61. The molecule has 0 aromatic rings. The van der Waals surface area contributed by atoms with Crippen LogP contribution in [0.25, 0.3) is 0 Å². The number of hydrogen-bond donors (Lipinski definition) is 6. The van der Waals surface area contributed by atoms with E-state index in [1.165, 1.54) is 257 Å². The summed E-state index contributed by atoms with van der Waals surface area (Å²) in [6.07, 6.45) is 96.4. The Balaban J connectivity index is 0. The van der Waals surface area contributed by atoms with E-state index in [0.29, 0.717) is 89.8 Å². The van der Waals surface area contributed by atoms with E-state index in [4.69, 9.17) is 14.2 Å². The molecule has 1 heterocycles. The number of esters is 3. The zero-order valence-electron chi connectivity index (χ0n) is 94.4. The van der Waals surface area contributed by atoms with E-state index < -0.39 is 36.5 Å². The van der Waals surface area contributed by atoms with Crippen molar-refractivity contribution in [2.24, 2.45) is 5.41 Å². The molecular formula is C123H233N5O12. The predicted octanol–water partition coefficient (Wildman–Crippen LogP) is 31.5. The van der Waals surface area contributed by atoms with Gasteiger partial charge in [-0.3, -0.25) is 33.8 Å². The molecular weight excluding hydrogens is 1740 g/mol. The third-order valence-corrected chi connectivity index (χ3v) is 27.4. The Morgan fingerprint density at radius 2 is 0.600 bits per heavy atom. The SMILES string of the molecule is CCCCC/C=C\C/C=C\CCCCCCC(C)(C)C.CCCCCCC#CCCOC(=O)CCCCCCCC(CCCCCCCC(=O)OCCC#CCCCCCC)OC(=O)CCCN(C)C.CCCCCCCCCCC(O)CN(CCCCC1NC(=O)C(CCCCN(CC(O)CCCCCCCCCC)CC(O)CCCCCCCCCC)NC1=O)CC(O)CCCCCCCCCC. The van der Waals surface area contributed by atoms with Gasteiger partial charge in [-0.25, -0.2) is 0 Å². The molecule has 0 aromatic carbocycles. The van der Waals surface area contributed by atoms with Gasteiger partial charge in [0.25, 0.3) is 0 Å². The van der Waals surface area contributed by atoms with Crippen molar-refractivity contribution in [3.63, 3.8) is 0 Å². The lowest BCUT2D eigenvalue weighted by Gasteiger charge is -2.31. The molecule has 822 valence electrons. The number of carbonyl (C=O) groups excluding carboxylic acids is 5. The lowest BCUT2D eigenvalue weighted by atomic mass is 9.89. The third-order valence-electron chi connectivity index (χ3n) is 27.4. The molecule has 0 radical (unpaired) electrons. The van der Waals surface area contributed by atoms with Crippen molar-refractivity contribution in [2.45, 2.75) is 632 Å². The van der Waals surface area contributed by atoms with E-state index in [2.05, 4.69) is 143 Å². The fourth-order valence-corrected chi connectivity index (χ4v) is 18.5. The van der Waals surface area contributed by atoms with Crippen LogP contribution in [0.1, 0.15) is 589 Å². The summed E-state index contributed by atoms with van der Waals surface area (Å²) in [6, 6.07) is -1.09. The Hall–Kier alpha value is -4.33. The number of ether oxygens (including phenoxy) is 3. The van der Waals surface area contributed by atoms with Crippen LogP contribution in [-0.2, 0) is 38.2 Å². The van der Waals surface area contributed by atoms with Gasteiger partial charge in [-0.15, -0.1) is 11.8 Å². The zero-order valence-corrected chi connectivity index (χ0v) is 94.4. The summed E-state index contributed by atoms with van der Waals surface area (Å²) >= 11 is 0. The van der Waals surface area contributed by atoms with Gasteiger partial charge >= 0.3 is 17.9 Å². The number of aliphatic hydroxyl groups is 4. The second kappa shape index (κ2) is 107. The molecule has 1 aliphatic rings. The van der Waals surface area contributed by atoms with Gasteiger partial charge in [-0.1, -0.05) is 420 Å². The first-order valence-corrected chi connectivity index (χ1v) is 60.2. The van der Waals surface area contributed by atoms with Crippen LogP contribution >= 0.6 is 0 Å². The van der Waals surface area contributed by atoms with E-state index in [9.17, 15) is 44.4 Å². The maximum Gasteiger partial charge on any atom is 0.306 e. The van der Waals surface area contributed by atoms with E-state index in [1.54, 1.807) is 0 Å². The van der Waals surface area contributed by atoms with Gasteiger partial charge in [0.15, 0.2) is 0 Å². The largest absolute Gasteiger partial charge is 0.465 e. The van der Waals surface area contributed by atoms with Crippen LogP contribution in [0.4, 0.5) is 0 Å². The number of nitrogens with zero attached hydrogens (tertiary/aromatic N) is 3. The fraction of sp³-hybridized carbons (Fsp3) is 0.894. The Morgan fingerprint density at radius 3 is 0.936 bits per heavy atom. The standard InChI is InChI=1S/C60H120N4O6.C43H75NO6.C20H38/c1-5-9-13-17-21-25-29-33-41-53(65)49-63(50-54(66)42-34-30-26-22-18-14-10-6-2)47-39-37-45-57-59(69)62-58(60(70)61-57)46-38-40-48-64(51-55(67)43-35-31-27-23-19-15-11-7-3)52-56(68)44-36-32-28-24-20-16-12-8-4;1-5-7-9-11-13-15-23-29-38-48-41(45)34-27-21-17-19-25-32-40(50-43(47)36-31-37-44(3)4)33-26-20-18-22-28-35-42(46)49-39-30-24-16-14-12-10-8-6-2;1-5-6-7-8-9-10-11-12-13-14-15-16-17-18-19-20(2,3)4/h53-58,65-68H,5-52H2,1-4H3,(H,61,70)(H,62,69);40H,5-14,17-22,25-39H2,1-4H3;9-10,12-13H,5-8,11,14-19H2,1-4H3/b;;10-9-,13-12-. The molecule has 17 nitrogen and oxygen atoms in total. The molecule has 6 unspecified atom stereocenters. The van der Waals surface area contributed by atoms with E-state index in [0.717, 1.165) is 238 Å². The molecule has 1 saturated heterocycles. The summed E-state index contributed by atoms with van der Waals surface area (Å²) in [5, 5.41) is 50.3. The Bertz CT molecular complexity index is 2680. The fourth-order valence-electron chi connectivity index (χ4n) is 18.5. The molecule has 1 rings (SSSR count). The first-order valence-electron chi connectivity index (χ1n) is 60.2. The predicted molar refractivity (Wildman–Crippen MR) is 598 cm³/mol. The third kappa shape index (κ3) is 104. The van der Waals surface area contributed by atoms with Gasteiger partial charge in [0.1, 0.15) is 31.4 Å². The highest BCUT2D eigenvalue weighted by molar-refractivity contribution is 5.96. The number of allylic oxidation sites excluding steroid dienone is 4. The molecule has 2 amide bonds. The highest BCUT2D eigenvalue weighted by Gasteiger charge is 2.33. The van der Waals surface area contributed by atoms with Crippen LogP contribution in [0.15, 0.2) is 24.3 Å². The minimum absolute atomic E-state index is 0.0364. The van der Waals surface area contributed by atoms with Crippen LogP contribution in [0.5, 0.6) is 0 Å². The van der Waals surface area contributed by atoms with Gasteiger partial charge in [-0.05, 0) is 200 Å². The Labute approximate surface area is 867 Å². The monoisotopic (exact) mass is 1970 g/mol. The molecule has 1 fully saturated rings. The van der Waals surface area contributed by atoms with Crippen molar-refractivity contribution >= 4 is 29.7 Å². The molecule has 0 bridgehead atoms. The van der Waals surface area contributed by atoms with Gasteiger partial charge < -0.3 is 50.2 Å². The number of amides is 2. The van der Waals surface area contributed by atoms with Gasteiger partial charge in [0, 0.05) is 71.1 Å². The summed E-state index contributed by atoms with van der Waals surface area (Å²) in [7, 11) is 4.03. The van der Waals surface area contributed by atoms with Gasteiger partial charge in [-0.2, -0.15) is 0 Å². The summed E-state index contributed by atoms with van der Waals surface area (Å²) in [6.45, 7) is 28.1. The average Bonchev–Trinajstić information content (AvgIpc) is 0.844. The first kappa shape index (κ1) is 138. The Kier molecular flexibility index (Phi) is 106. The number of aliphatic hydroxyl groups excluding tert-OH is 4. The van der Waals surface area contributed by atoms with Crippen LogP contribution in [-0.4, -0.2) is 181 Å². The summed E-state index contributed by atoms with van der Waals surface area (Å²) < 4.78 is 16.6. The molecule has 140 heavy (non-hydrogen) atoms. The van der Waals surface area contributed by atoms with Gasteiger partial charge in [0.05, 0.1) is 24.4 Å². The van der Waals surface area contributed by atoms with Crippen LogP contribution in [0, 0.1) is 29.1 Å². The van der Waals surface area contributed by atoms with Crippen molar-refractivity contribution in [2.75, 3.05) is 73.1 Å². The number of rotatable bonds is 99. The van der Waals surface area contributed by atoms with Gasteiger partial charge in [0.2, 0.25) is 11.8 Å². The normalized spacial score (nSPS) is 14.2. The zero-order chi connectivity index (χ0) is 103. The van der Waals surface area contributed by atoms with E-state index >= 15 is 0 Å². The first-order chi connectivity index (χ1) is 68.1. The van der Waals surface area contributed by atoms with Crippen LogP contribution in [0.3, 0.4) is 0 Å². The van der Waals surface area contributed by atoms with Crippen molar-refractivity contribution < 1.29 is 58.6 Å².